The van der Waals surface area contributed by atoms with Crippen molar-refractivity contribution in [2.75, 3.05) is 20.3 Å². The molecular weight excluding hydrogens is 526 g/mol. The number of hydrogen-bond acceptors (Lipinski definition) is 7. The predicted octanol–water partition coefficient (Wildman–Crippen LogP) is 4.71. The van der Waals surface area contributed by atoms with E-state index in [-0.39, 0.29) is 30.9 Å². The van der Waals surface area contributed by atoms with Crippen LogP contribution in [0.25, 0.3) is 10.8 Å². The molecule has 2 N–H and O–H groups in total. The van der Waals surface area contributed by atoms with E-state index in [1.54, 1.807) is 13.3 Å². The van der Waals surface area contributed by atoms with E-state index in [4.69, 9.17) is 14.2 Å². The van der Waals surface area contributed by atoms with Crippen LogP contribution < -0.4 is 14.8 Å². The first-order valence-electron chi connectivity index (χ1n) is 14.7. The summed E-state index contributed by atoms with van der Waals surface area (Å²) in [6.45, 7) is 4.39. The summed E-state index contributed by atoms with van der Waals surface area (Å²) in [5, 5.41) is 14.6. The quantitative estimate of drug-likeness (QED) is 0.546. The Hall–Kier alpha value is -3.56. The van der Waals surface area contributed by atoms with E-state index in [1.807, 2.05) is 18.2 Å². The Bertz CT molecular complexity index is 1290. The van der Waals surface area contributed by atoms with Gasteiger partial charge in [-0.05, 0) is 72.6 Å². The molecule has 1 unspecified atom stereocenters. The van der Waals surface area contributed by atoms with Gasteiger partial charge in [0.05, 0.1) is 20.3 Å². The highest BCUT2D eigenvalue weighted by Gasteiger charge is 2.45. The lowest BCUT2D eigenvalue weighted by molar-refractivity contribution is -0.149. The first-order chi connectivity index (χ1) is 19.6. The number of aromatic nitrogens is 1. The van der Waals surface area contributed by atoms with Crippen LogP contribution in [0.2, 0.25) is 0 Å². The molecule has 2 aliphatic heterocycles. The van der Waals surface area contributed by atoms with Gasteiger partial charge in [-0.15, -0.1) is 0 Å². The van der Waals surface area contributed by atoms with Gasteiger partial charge in [0.25, 0.3) is 0 Å². The van der Waals surface area contributed by atoms with E-state index >= 15 is 0 Å². The maximum absolute atomic E-state index is 14.0. The molecule has 5 rings (SSSR count). The zero-order valence-electron chi connectivity index (χ0n) is 24.2. The number of fused-ring (bicyclic) bond motifs is 3. The molecule has 2 aromatic rings. The van der Waals surface area contributed by atoms with E-state index in [9.17, 15) is 19.5 Å². The standard InChI is InChI=1S/C31H41N3O7/c1-31(2)12-7-10-21-14-23-20(15-25(21)39-3)11-13-32-27(23)41-22-16-24(29(36)37)34(17-22)28(35)26(33-30(38)40-18-31)19-8-5-4-6-9-19/h11,13-15,19,22,24,26H,4-10,12,16-18H2,1-3H3,(H,33,38)(H,36,37)/t22-,24?,26+/m1/s1. The van der Waals surface area contributed by atoms with Crippen molar-refractivity contribution in [3.05, 3.63) is 30.0 Å². The van der Waals surface area contributed by atoms with E-state index in [1.165, 1.54) is 4.90 Å². The van der Waals surface area contributed by atoms with Crippen LogP contribution in [0.3, 0.4) is 0 Å². The number of nitrogens with zero attached hydrogens (tertiary/aromatic N) is 2. The van der Waals surface area contributed by atoms with Gasteiger partial charge in [-0.25, -0.2) is 14.6 Å². The Labute approximate surface area is 240 Å². The van der Waals surface area contributed by atoms with Gasteiger partial charge in [-0.2, -0.15) is 0 Å². The number of methoxy groups -OCH3 is 1. The van der Waals surface area contributed by atoms with E-state index in [2.05, 4.69) is 24.1 Å². The number of pyridine rings is 1. The number of rotatable bonds is 3. The molecule has 3 aliphatic rings. The topological polar surface area (TPSA) is 127 Å². The zero-order valence-corrected chi connectivity index (χ0v) is 24.2. The van der Waals surface area contributed by atoms with Crippen molar-refractivity contribution in [2.24, 2.45) is 11.3 Å². The van der Waals surface area contributed by atoms with Crippen LogP contribution in [0.15, 0.2) is 24.4 Å². The number of carboxylic acid groups (broad SMARTS) is 1. The number of aryl methyl sites for hydroxylation is 1. The van der Waals surface area contributed by atoms with Gasteiger partial charge in [0.1, 0.15) is 23.9 Å². The summed E-state index contributed by atoms with van der Waals surface area (Å²) in [6.07, 6.45) is 7.56. The number of carbonyl (C=O) groups excluding carboxylic acids is 2. The molecule has 0 spiro atoms. The average molecular weight is 568 g/mol. The summed E-state index contributed by atoms with van der Waals surface area (Å²) < 4.78 is 17.7. The van der Waals surface area contributed by atoms with Crippen LogP contribution in [0.4, 0.5) is 4.79 Å². The first kappa shape index (κ1) is 29.0. The summed E-state index contributed by atoms with van der Waals surface area (Å²) in [5.41, 5.74) is 0.722. The molecule has 0 radical (unpaired) electrons. The normalized spacial score (nSPS) is 26.0. The molecule has 3 atom stereocenters. The van der Waals surface area contributed by atoms with Gasteiger partial charge in [0.15, 0.2) is 0 Å². The van der Waals surface area contributed by atoms with E-state index in [0.717, 1.165) is 73.5 Å². The van der Waals surface area contributed by atoms with Crippen LogP contribution in [0, 0.1) is 11.3 Å². The lowest BCUT2D eigenvalue weighted by atomic mass is 9.83. The predicted molar refractivity (Wildman–Crippen MR) is 152 cm³/mol. The highest BCUT2D eigenvalue weighted by Crippen LogP contribution is 2.35. The number of alkyl carbamates (subject to hydrolysis) is 1. The number of benzene rings is 1. The Morgan fingerprint density at radius 2 is 1.95 bits per heavy atom. The monoisotopic (exact) mass is 567 g/mol. The second kappa shape index (κ2) is 12.1. The Balaban J connectivity index is 1.52. The van der Waals surface area contributed by atoms with Crippen molar-refractivity contribution in [3.63, 3.8) is 0 Å². The molecule has 1 saturated heterocycles. The molecule has 2 fully saturated rings. The number of carboxylic acids is 1. The van der Waals surface area contributed by atoms with Crippen LogP contribution in [0.5, 0.6) is 11.6 Å². The van der Waals surface area contributed by atoms with Gasteiger partial charge >= 0.3 is 12.1 Å². The molecule has 10 nitrogen and oxygen atoms in total. The number of aliphatic carboxylic acids is 1. The second-order valence-corrected chi connectivity index (χ2v) is 12.4. The highest BCUT2D eigenvalue weighted by atomic mass is 16.5. The van der Waals surface area contributed by atoms with Crippen molar-refractivity contribution in [1.82, 2.24) is 15.2 Å². The first-order valence-corrected chi connectivity index (χ1v) is 14.7. The molecule has 2 amide bonds. The van der Waals surface area contributed by atoms with Gasteiger partial charge in [-0.3, -0.25) is 4.79 Å². The molecule has 41 heavy (non-hydrogen) atoms. The molecule has 1 aromatic carbocycles. The van der Waals surface area contributed by atoms with Gasteiger partial charge in [0.2, 0.25) is 11.8 Å². The van der Waals surface area contributed by atoms with Crippen LogP contribution >= 0.6 is 0 Å². The lowest BCUT2D eigenvalue weighted by Gasteiger charge is -2.34. The van der Waals surface area contributed by atoms with Crippen molar-refractivity contribution < 1.29 is 33.7 Å². The van der Waals surface area contributed by atoms with Crippen LogP contribution in [-0.4, -0.2) is 71.4 Å². The number of hydrogen-bond donors (Lipinski definition) is 2. The van der Waals surface area contributed by atoms with Crippen LogP contribution in [-0.2, 0) is 20.7 Å². The minimum absolute atomic E-state index is 0.0787. The zero-order chi connectivity index (χ0) is 29.1. The van der Waals surface area contributed by atoms with Gasteiger partial charge in [0, 0.05) is 18.0 Å². The molecular formula is C31H41N3O7. The van der Waals surface area contributed by atoms with Crippen molar-refractivity contribution in [1.29, 1.82) is 0 Å². The Morgan fingerprint density at radius 3 is 2.68 bits per heavy atom. The Morgan fingerprint density at radius 1 is 1.17 bits per heavy atom. The molecule has 1 aromatic heterocycles. The summed E-state index contributed by atoms with van der Waals surface area (Å²) in [4.78, 5) is 45.2. The third kappa shape index (κ3) is 6.52. The summed E-state index contributed by atoms with van der Waals surface area (Å²) >= 11 is 0. The fourth-order valence-corrected chi connectivity index (χ4v) is 6.50. The lowest BCUT2D eigenvalue weighted by Crippen LogP contribution is -2.55. The number of carbonyl (C=O) groups is 3. The molecule has 222 valence electrons. The maximum Gasteiger partial charge on any atom is 0.407 e. The smallest absolute Gasteiger partial charge is 0.407 e. The minimum Gasteiger partial charge on any atom is -0.496 e. The van der Waals surface area contributed by atoms with E-state index in [0.29, 0.717) is 5.88 Å². The SMILES string of the molecule is COc1cc2ccnc3c2cc1CCCC(C)(C)COC(=O)N[C@@H](C1CCCCC1)C(=O)N1C[C@@H](CC1C(=O)O)O3. The van der Waals surface area contributed by atoms with E-state index < -0.39 is 36.2 Å². The molecule has 1 aliphatic carbocycles. The molecule has 1 saturated carbocycles. The summed E-state index contributed by atoms with van der Waals surface area (Å²) in [6, 6.07) is 3.97. The fraction of sp³-hybridized carbons (Fsp3) is 0.613. The second-order valence-electron chi connectivity index (χ2n) is 12.4. The van der Waals surface area contributed by atoms with Crippen molar-refractivity contribution in [2.45, 2.75) is 89.8 Å². The van der Waals surface area contributed by atoms with Crippen molar-refractivity contribution >= 4 is 28.7 Å². The summed E-state index contributed by atoms with van der Waals surface area (Å²) in [7, 11) is 1.65. The average Bonchev–Trinajstić information content (AvgIpc) is 3.38. The third-order valence-corrected chi connectivity index (χ3v) is 8.79. The minimum atomic E-state index is -1.10. The van der Waals surface area contributed by atoms with Crippen LogP contribution in [0.1, 0.15) is 70.8 Å². The molecule has 4 bridgehead atoms. The number of amides is 2. The number of nitrogens with one attached hydrogen (secondary N) is 1. The largest absolute Gasteiger partial charge is 0.496 e. The molecule has 10 heteroatoms. The van der Waals surface area contributed by atoms with Gasteiger partial charge < -0.3 is 29.5 Å². The highest BCUT2D eigenvalue weighted by molar-refractivity contribution is 5.91. The Kier molecular flexibility index (Phi) is 8.56. The number of cyclic esters (lactones) is 1. The van der Waals surface area contributed by atoms with Crippen molar-refractivity contribution in [3.8, 4) is 11.6 Å². The third-order valence-electron chi connectivity index (χ3n) is 8.79. The molecule has 3 heterocycles. The van der Waals surface area contributed by atoms with Gasteiger partial charge in [-0.1, -0.05) is 33.1 Å². The maximum atomic E-state index is 14.0. The number of ether oxygens (including phenoxy) is 3. The summed E-state index contributed by atoms with van der Waals surface area (Å²) in [5.74, 6) is -0.396. The fourth-order valence-electron chi connectivity index (χ4n) is 6.50.